The highest BCUT2D eigenvalue weighted by Gasteiger charge is 2.15. The number of hydrogen-bond acceptors (Lipinski definition) is 6. The quantitative estimate of drug-likeness (QED) is 0.363. The number of hydrazine groups is 1. The van der Waals surface area contributed by atoms with Crippen molar-refractivity contribution in [2.75, 3.05) is 21.5 Å². The number of hydrogen-bond donors (Lipinski definition) is 3. The minimum Gasteiger partial charge on any atom is -0.393 e. The van der Waals surface area contributed by atoms with Gasteiger partial charge in [-0.3, -0.25) is 10.4 Å². The van der Waals surface area contributed by atoms with Crippen LogP contribution in [0.25, 0.3) is 0 Å². The number of halogens is 1. The van der Waals surface area contributed by atoms with Gasteiger partial charge < -0.3 is 11.1 Å². The molecule has 4 N–H and O–H groups in total. The first-order valence-corrected chi connectivity index (χ1v) is 9.39. The lowest BCUT2D eigenvalue weighted by atomic mass is 10.2. The zero-order valence-electron chi connectivity index (χ0n) is 15.5. The van der Waals surface area contributed by atoms with Crippen LogP contribution in [-0.4, -0.2) is 9.97 Å². The molecule has 6 nitrogen and oxygen atoms in total. The molecule has 0 fully saturated rings. The van der Waals surface area contributed by atoms with E-state index in [0.29, 0.717) is 28.0 Å². The molecule has 0 aliphatic rings. The van der Waals surface area contributed by atoms with E-state index >= 15 is 0 Å². The van der Waals surface area contributed by atoms with Crippen LogP contribution >= 0.6 is 11.6 Å². The summed E-state index contributed by atoms with van der Waals surface area (Å²) in [5, 5.41) is 5.66. The summed E-state index contributed by atoms with van der Waals surface area (Å²) in [7, 11) is 0. The second-order valence-corrected chi connectivity index (χ2v) is 6.61. The van der Waals surface area contributed by atoms with Crippen molar-refractivity contribution >= 4 is 46.0 Å². The van der Waals surface area contributed by atoms with Crippen LogP contribution in [0.2, 0.25) is 5.02 Å². The van der Waals surface area contributed by atoms with Gasteiger partial charge in [0.15, 0.2) is 11.6 Å². The maximum atomic E-state index is 6.37. The van der Waals surface area contributed by atoms with Gasteiger partial charge in [-0.15, -0.1) is 0 Å². The van der Waals surface area contributed by atoms with Crippen LogP contribution in [0.3, 0.4) is 0 Å². The Morgan fingerprint density at radius 3 is 1.90 bits per heavy atom. The van der Waals surface area contributed by atoms with Crippen LogP contribution in [0.1, 0.15) is 0 Å². The molecule has 144 valence electrons. The molecule has 1 aromatic heterocycles. The average Bonchev–Trinajstić information content (AvgIpc) is 2.77. The number of aromatic nitrogens is 2. The van der Waals surface area contributed by atoms with Crippen molar-refractivity contribution in [2.45, 2.75) is 0 Å². The average molecular weight is 403 g/mol. The highest BCUT2D eigenvalue weighted by Crippen LogP contribution is 2.32. The first kappa shape index (κ1) is 18.6. The Kier molecular flexibility index (Phi) is 5.45. The summed E-state index contributed by atoms with van der Waals surface area (Å²) in [4.78, 5) is 8.60. The summed E-state index contributed by atoms with van der Waals surface area (Å²) in [5.41, 5.74) is 12.6. The Morgan fingerprint density at radius 1 is 0.724 bits per heavy atom. The fourth-order valence-electron chi connectivity index (χ4n) is 2.81. The Labute approximate surface area is 174 Å². The monoisotopic (exact) mass is 402 g/mol. The van der Waals surface area contributed by atoms with Gasteiger partial charge >= 0.3 is 0 Å². The van der Waals surface area contributed by atoms with Gasteiger partial charge in [-0.2, -0.15) is 0 Å². The predicted molar refractivity (Wildman–Crippen MR) is 120 cm³/mol. The zero-order valence-corrected chi connectivity index (χ0v) is 16.2. The van der Waals surface area contributed by atoms with Crippen molar-refractivity contribution in [3.05, 3.63) is 96.3 Å². The Balaban J connectivity index is 1.67. The molecule has 29 heavy (non-hydrogen) atoms. The van der Waals surface area contributed by atoms with Crippen LogP contribution in [-0.2, 0) is 0 Å². The van der Waals surface area contributed by atoms with E-state index in [9.17, 15) is 0 Å². The van der Waals surface area contributed by atoms with E-state index in [1.165, 1.54) is 6.33 Å². The lowest BCUT2D eigenvalue weighted by Gasteiger charge is -2.26. The zero-order chi connectivity index (χ0) is 20.1. The fraction of sp³-hybridized carbons (Fsp3) is 0. The Morgan fingerprint density at radius 2 is 1.28 bits per heavy atom. The van der Waals surface area contributed by atoms with E-state index in [-0.39, 0.29) is 0 Å². The first-order chi connectivity index (χ1) is 14.2. The molecule has 4 rings (SSSR count). The third-order valence-corrected chi connectivity index (χ3v) is 4.59. The molecule has 0 aliphatic heterocycles. The topological polar surface area (TPSA) is 79.1 Å². The maximum absolute atomic E-state index is 6.37. The first-order valence-electron chi connectivity index (χ1n) is 9.01. The number of benzene rings is 3. The number of para-hydroxylation sites is 3. The Hall–Kier alpha value is -3.77. The fourth-order valence-corrected chi connectivity index (χ4v) is 3.00. The molecule has 1 heterocycles. The number of anilines is 6. The number of nitrogens with one attached hydrogen (secondary N) is 2. The van der Waals surface area contributed by atoms with Crippen LogP contribution in [0.5, 0.6) is 0 Å². The van der Waals surface area contributed by atoms with E-state index in [1.54, 1.807) is 6.07 Å². The lowest BCUT2D eigenvalue weighted by Crippen LogP contribution is -2.26. The van der Waals surface area contributed by atoms with Gasteiger partial charge in [0, 0.05) is 0 Å². The number of rotatable bonds is 6. The largest absolute Gasteiger partial charge is 0.393 e. The van der Waals surface area contributed by atoms with Crippen LogP contribution in [0.15, 0.2) is 91.3 Å². The highest BCUT2D eigenvalue weighted by molar-refractivity contribution is 6.33. The van der Waals surface area contributed by atoms with Gasteiger partial charge in [0.2, 0.25) is 0 Å². The number of nitrogen functional groups attached to an aromatic ring is 1. The molecule has 3 aromatic carbocycles. The molecule has 0 unspecified atom stereocenters. The van der Waals surface area contributed by atoms with Crippen LogP contribution in [0.4, 0.5) is 34.4 Å². The molecule has 0 atom stereocenters. The molecule has 0 amide bonds. The summed E-state index contributed by atoms with van der Waals surface area (Å²) in [6.45, 7) is 0. The smallest absolute Gasteiger partial charge is 0.173 e. The minimum absolute atomic E-state index is 0.379. The molecule has 0 spiro atoms. The van der Waals surface area contributed by atoms with Gasteiger partial charge in [-0.1, -0.05) is 60.1 Å². The van der Waals surface area contributed by atoms with Gasteiger partial charge in [0.05, 0.1) is 22.1 Å². The molecule has 7 heteroatoms. The summed E-state index contributed by atoms with van der Waals surface area (Å²) >= 11 is 6.24. The highest BCUT2D eigenvalue weighted by atomic mass is 35.5. The molecule has 0 aliphatic carbocycles. The normalized spacial score (nSPS) is 10.4. The molecule has 4 aromatic rings. The molecule has 0 saturated carbocycles. The van der Waals surface area contributed by atoms with Gasteiger partial charge in [-0.05, 0) is 36.4 Å². The summed E-state index contributed by atoms with van der Waals surface area (Å²) in [6, 6.07) is 27.2. The van der Waals surface area contributed by atoms with E-state index < -0.39 is 0 Å². The summed E-state index contributed by atoms with van der Waals surface area (Å²) in [6.07, 6.45) is 1.45. The van der Waals surface area contributed by atoms with Gasteiger partial charge in [-0.25, -0.2) is 9.97 Å². The summed E-state index contributed by atoms with van der Waals surface area (Å²) in [5.74, 6) is 0.943. The standard InChI is InChI=1S/C22H19ClN6/c23-18-13-7-8-14-19(18)27-21-20(24)22(26-15-25-21)28-29(16-9-3-1-4-10-16)17-11-5-2-6-12-17/h1-15H,24H2,(H2,25,26,27,28). The van der Waals surface area contributed by atoms with Crippen molar-refractivity contribution < 1.29 is 0 Å². The van der Waals surface area contributed by atoms with Crippen molar-refractivity contribution in [1.29, 1.82) is 0 Å². The van der Waals surface area contributed by atoms with Crippen molar-refractivity contribution in [3.8, 4) is 0 Å². The van der Waals surface area contributed by atoms with E-state index in [4.69, 9.17) is 17.3 Å². The second-order valence-electron chi connectivity index (χ2n) is 6.21. The molecular formula is C22H19ClN6. The van der Waals surface area contributed by atoms with E-state index in [1.807, 2.05) is 83.9 Å². The minimum atomic E-state index is 0.379. The van der Waals surface area contributed by atoms with E-state index in [0.717, 1.165) is 11.4 Å². The van der Waals surface area contributed by atoms with Crippen molar-refractivity contribution in [3.63, 3.8) is 0 Å². The maximum Gasteiger partial charge on any atom is 0.173 e. The number of nitrogens with zero attached hydrogens (tertiary/aromatic N) is 3. The van der Waals surface area contributed by atoms with Crippen molar-refractivity contribution in [1.82, 2.24) is 9.97 Å². The second kappa shape index (κ2) is 8.50. The van der Waals surface area contributed by atoms with Crippen molar-refractivity contribution in [2.24, 2.45) is 0 Å². The molecular weight excluding hydrogens is 384 g/mol. The third kappa shape index (κ3) is 4.23. The number of nitrogens with two attached hydrogens (primary N) is 1. The molecule has 0 radical (unpaired) electrons. The van der Waals surface area contributed by atoms with Crippen LogP contribution in [0, 0.1) is 0 Å². The molecule has 0 bridgehead atoms. The van der Waals surface area contributed by atoms with E-state index in [2.05, 4.69) is 20.7 Å². The van der Waals surface area contributed by atoms with Gasteiger partial charge in [0.25, 0.3) is 0 Å². The van der Waals surface area contributed by atoms with Gasteiger partial charge in [0.1, 0.15) is 12.0 Å². The SMILES string of the molecule is Nc1c(Nc2ccccc2Cl)ncnc1NN(c1ccccc1)c1ccccc1. The predicted octanol–water partition coefficient (Wildman–Crippen LogP) is 5.62. The lowest BCUT2D eigenvalue weighted by molar-refractivity contribution is 1.09. The van der Waals surface area contributed by atoms with Crippen LogP contribution < -0.4 is 21.5 Å². The Bertz CT molecular complexity index is 1050. The third-order valence-electron chi connectivity index (χ3n) is 4.26. The molecule has 0 saturated heterocycles. The summed E-state index contributed by atoms with van der Waals surface area (Å²) < 4.78 is 0.